The lowest BCUT2D eigenvalue weighted by Crippen LogP contribution is -2.29. The standard InChI is InChI=1S/C14H15BrFNO2/c15-12-10(14(18)19)5-6-11(13(12)16)17(9-3-4-9)7-8-1-2-8/h5-6,8-9H,1-4,7H2,(H,18,19). The summed E-state index contributed by atoms with van der Waals surface area (Å²) in [4.78, 5) is 13.1. The van der Waals surface area contributed by atoms with E-state index < -0.39 is 11.8 Å². The number of hydrogen-bond acceptors (Lipinski definition) is 2. The molecule has 0 spiro atoms. The van der Waals surface area contributed by atoms with Gasteiger partial charge in [-0.3, -0.25) is 0 Å². The molecule has 0 unspecified atom stereocenters. The van der Waals surface area contributed by atoms with Gasteiger partial charge in [-0.1, -0.05) is 0 Å². The summed E-state index contributed by atoms with van der Waals surface area (Å²) in [5.41, 5.74) is 0.509. The van der Waals surface area contributed by atoms with Gasteiger partial charge < -0.3 is 10.0 Å². The molecule has 102 valence electrons. The minimum absolute atomic E-state index is 0.0246. The Morgan fingerprint density at radius 2 is 2.05 bits per heavy atom. The molecule has 2 aliphatic carbocycles. The molecule has 19 heavy (non-hydrogen) atoms. The van der Waals surface area contributed by atoms with Crippen molar-refractivity contribution >= 4 is 27.6 Å². The van der Waals surface area contributed by atoms with Crippen LogP contribution >= 0.6 is 15.9 Å². The minimum atomic E-state index is -1.11. The van der Waals surface area contributed by atoms with Crippen LogP contribution in [0.2, 0.25) is 0 Å². The van der Waals surface area contributed by atoms with Crippen molar-refractivity contribution in [2.24, 2.45) is 5.92 Å². The van der Waals surface area contributed by atoms with Gasteiger partial charge in [0.2, 0.25) is 0 Å². The molecule has 0 aliphatic heterocycles. The Morgan fingerprint density at radius 3 is 2.58 bits per heavy atom. The van der Waals surface area contributed by atoms with Crippen molar-refractivity contribution in [1.29, 1.82) is 0 Å². The lowest BCUT2D eigenvalue weighted by atomic mass is 10.1. The topological polar surface area (TPSA) is 40.5 Å². The van der Waals surface area contributed by atoms with Crippen LogP contribution in [-0.4, -0.2) is 23.7 Å². The normalized spacial score (nSPS) is 18.4. The first-order valence-electron chi connectivity index (χ1n) is 6.56. The van der Waals surface area contributed by atoms with Crippen LogP contribution in [0.5, 0.6) is 0 Å². The second kappa shape index (κ2) is 4.78. The summed E-state index contributed by atoms with van der Waals surface area (Å²) >= 11 is 3.07. The van der Waals surface area contributed by atoms with E-state index in [2.05, 4.69) is 20.8 Å². The van der Waals surface area contributed by atoms with Crippen LogP contribution in [0.15, 0.2) is 16.6 Å². The van der Waals surface area contributed by atoms with Crippen molar-refractivity contribution in [2.45, 2.75) is 31.7 Å². The molecule has 2 saturated carbocycles. The number of benzene rings is 1. The highest BCUT2D eigenvalue weighted by Crippen LogP contribution is 2.40. The van der Waals surface area contributed by atoms with Crippen LogP contribution in [0.4, 0.5) is 10.1 Å². The number of nitrogens with zero attached hydrogens (tertiary/aromatic N) is 1. The van der Waals surface area contributed by atoms with E-state index in [1.165, 1.54) is 18.9 Å². The quantitative estimate of drug-likeness (QED) is 0.897. The van der Waals surface area contributed by atoms with Crippen LogP contribution in [-0.2, 0) is 0 Å². The molecule has 0 amide bonds. The molecule has 1 aromatic carbocycles. The van der Waals surface area contributed by atoms with Gasteiger partial charge in [-0.05, 0) is 59.7 Å². The fourth-order valence-electron chi connectivity index (χ4n) is 2.34. The number of aromatic carboxylic acids is 1. The van der Waals surface area contributed by atoms with E-state index >= 15 is 0 Å². The first-order valence-corrected chi connectivity index (χ1v) is 7.35. The zero-order valence-corrected chi connectivity index (χ0v) is 12.0. The molecule has 2 aliphatic rings. The SMILES string of the molecule is O=C(O)c1ccc(N(CC2CC2)C2CC2)c(F)c1Br. The maximum absolute atomic E-state index is 14.4. The van der Waals surface area contributed by atoms with E-state index in [9.17, 15) is 9.18 Å². The van der Waals surface area contributed by atoms with E-state index in [-0.39, 0.29) is 10.0 Å². The predicted octanol–water partition coefficient (Wildman–Crippen LogP) is 3.67. The Labute approximate surface area is 119 Å². The maximum atomic E-state index is 14.4. The van der Waals surface area contributed by atoms with Gasteiger partial charge in [-0.15, -0.1) is 0 Å². The van der Waals surface area contributed by atoms with Gasteiger partial charge in [-0.2, -0.15) is 0 Å². The largest absolute Gasteiger partial charge is 0.478 e. The maximum Gasteiger partial charge on any atom is 0.336 e. The van der Waals surface area contributed by atoms with Gasteiger partial charge >= 0.3 is 5.97 Å². The monoisotopic (exact) mass is 327 g/mol. The summed E-state index contributed by atoms with van der Waals surface area (Å²) in [5, 5.41) is 8.99. The van der Waals surface area contributed by atoms with E-state index in [1.54, 1.807) is 6.07 Å². The number of carbonyl (C=O) groups is 1. The molecule has 0 bridgehead atoms. The fraction of sp³-hybridized carbons (Fsp3) is 0.500. The summed E-state index contributed by atoms with van der Waals surface area (Å²) in [6.45, 7) is 0.889. The van der Waals surface area contributed by atoms with Crippen molar-refractivity contribution in [2.75, 3.05) is 11.4 Å². The third-order valence-corrected chi connectivity index (χ3v) is 4.52. The van der Waals surface area contributed by atoms with Crippen LogP contribution in [0.1, 0.15) is 36.0 Å². The summed E-state index contributed by atoms with van der Waals surface area (Å²) in [6.07, 6.45) is 4.65. The number of hydrogen-bond donors (Lipinski definition) is 1. The highest BCUT2D eigenvalue weighted by molar-refractivity contribution is 9.10. The molecule has 0 aromatic heterocycles. The van der Waals surface area contributed by atoms with Gasteiger partial charge in [0.25, 0.3) is 0 Å². The number of halogens is 2. The molecular formula is C14H15BrFNO2. The Kier molecular flexibility index (Phi) is 3.25. The Balaban J connectivity index is 1.93. The van der Waals surface area contributed by atoms with E-state index in [0.29, 0.717) is 17.6 Å². The van der Waals surface area contributed by atoms with Gasteiger partial charge in [0.15, 0.2) is 5.82 Å². The molecule has 5 heteroatoms. The van der Waals surface area contributed by atoms with Crippen molar-refractivity contribution in [1.82, 2.24) is 0 Å². The summed E-state index contributed by atoms with van der Waals surface area (Å²) in [6, 6.07) is 3.51. The fourth-order valence-corrected chi connectivity index (χ4v) is 2.84. The highest BCUT2D eigenvalue weighted by atomic mass is 79.9. The van der Waals surface area contributed by atoms with Crippen molar-refractivity contribution in [3.05, 3.63) is 28.0 Å². The zero-order valence-electron chi connectivity index (χ0n) is 10.4. The molecule has 0 radical (unpaired) electrons. The average molecular weight is 328 g/mol. The average Bonchev–Trinajstić information content (AvgIpc) is 3.24. The summed E-state index contributed by atoms with van der Waals surface area (Å²) < 4.78 is 14.4. The first-order chi connectivity index (χ1) is 9.08. The Bertz CT molecular complexity index is 526. The lowest BCUT2D eigenvalue weighted by Gasteiger charge is -2.25. The molecular weight excluding hydrogens is 313 g/mol. The smallest absolute Gasteiger partial charge is 0.336 e. The molecule has 3 rings (SSSR count). The van der Waals surface area contributed by atoms with E-state index in [0.717, 1.165) is 19.4 Å². The molecule has 0 saturated heterocycles. The second-order valence-electron chi connectivity index (χ2n) is 5.39. The van der Waals surface area contributed by atoms with Crippen LogP contribution < -0.4 is 4.90 Å². The Hall–Kier alpha value is -1.10. The third-order valence-electron chi connectivity index (χ3n) is 3.74. The lowest BCUT2D eigenvalue weighted by molar-refractivity contribution is 0.0695. The van der Waals surface area contributed by atoms with Crippen LogP contribution in [0, 0.1) is 11.7 Å². The number of anilines is 1. The summed E-state index contributed by atoms with van der Waals surface area (Å²) in [5.74, 6) is -0.886. The van der Waals surface area contributed by atoms with Crippen LogP contribution in [0.3, 0.4) is 0 Å². The Morgan fingerprint density at radius 1 is 1.37 bits per heavy atom. The molecule has 1 N–H and O–H groups in total. The van der Waals surface area contributed by atoms with Crippen molar-refractivity contribution < 1.29 is 14.3 Å². The molecule has 0 heterocycles. The van der Waals surface area contributed by atoms with Crippen LogP contribution in [0.25, 0.3) is 0 Å². The summed E-state index contributed by atoms with van der Waals surface area (Å²) in [7, 11) is 0. The van der Waals surface area contributed by atoms with Crippen molar-refractivity contribution in [3.63, 3.8) is 0 Å². The minimum Gasteiger partial charge on any atom is -0.478 e. The molecule has 0 atom stereocenters. The number of carboxylic acid groups (broad SMARTS) is 1. The van der Waals surface area contributed by atoms with E-state index in [1.807, 2.05) is 0 Å². The predicted molar refractivity (Wildman–Crippen MR) is 74.2 cm³/mol. The van der Waals surface area contributed by atoms with E-state index in [4.69, 9.17) is 5.11 Å². The first kappa shape index (κ1) is 12.9. The number of carboxylic acids is 1. The van der Waals surface area contributed by atoms with Gasteiger partial charge in [0.05, 0.1) is 15.7 Å². The second-order valence-corrected chi connectivity index (χ2v) is 6.19. The third kappa shape index (κ3) is 2.61. The number of rotatable bonds is 5. The molecule has 3 nitrogen and oxygen atoms in total. The highest BCUT2D eigenvalue weighted by Gasteiger charge is 2.35. The molecule has 1 aromatic rings. The van der Waals surface area contributed by atoms with Gasteiger partial charge in [-0.25, -0.2) is 9.18 Å². The van der Waals surface area contributed by atoms with Gasteiger partial charge in [0.1, 0.15) is 0 Å². The van der Waals surface area contributed by atoms with Gasteiger partial charge in [0, 0.05) is 12.6 Å². The zero-order chi connectivity index (χ0) is 13.6. The van der Waals surface area contributed by atoms with Crippen molar-refractivity contribution in [3.8, 4) is 0 Å². The molecule has 2 fully saturated rings.